The van der Waals surface area contributed by atoms with Gasteiger partial charge in [-0.3, -0.25) is 9.36 Å². The van der Waals surface area contributed by atoms with Crippen molar-refractivity contribution < 1.29 is 43.9 Å². The molecule has 0 bridgehead atoms. The molecule has 142 valence electrons. The number of aromatic nitrogens is 2. The smallest absolute Gasteiger partial charge is 0.585 e. The number of carbonyl (C=O) groups is 2. The Morgan fingerprint density at radius 1 is 1.21 bits per heavy atom. The van der Waals surface area contributed by atoms with Crippen LogP contribution in [-0.4, -0.2) is 32.6 Å². The Morgan fingerprint density at radius 2 is 1.93 bits per heavy atom. The van der Waals surface area contributed by atoms with E-state index in [1.165, 1.54) is 6.07 Å². The summed E-state index contributed by atoms with van der Waals surface area (Å²) in [7, 11) is 0. The molecule has 1 aliphatic heterocycles. The van der Waals surface area contributed by atoms with Crippen molar-refractivity contribution in [3.05, 3.63) is 63.1 Å². The van der Waals surface area contributed by atoms with Crippen LogP contribution < -0.4 is 39.9 Å². The number of rotatable bonds is 7. The number of carbonyl (C=O) groups excluding carboxylic acids is 2. The zero-order chi connectivity index (χ0) is 19.4. The molecule has 0 spiro atoms. The van der Waals surface area contributed by atoms with Crippen molar-refractivity contribution in [1.82, 2.24) is 9.55 Å². The first-order chi connectivity index (χ1) is 13.0. The Hall–Kier alpha value is -1.61. The van der Waals surface area contributed by atoms with E-state index in [2.05, 4.69) is 10.3 Å². The van der Waals surface area contributed by atoms with Gasteiger partial charge in [0.05, 0.1) is 17.7 Å². The van der Waals surface area contributed by atoms with E-state index < -0.39 is 10.5 Å². The Bertz CT molecular complexity index is 914. The molecule has 1 saturated heterocycles. The van der Waals surface area contributed by atoms with Gasteiger partial charge in [0.25, 0.3) is 5.56 Å². The average Bonchev–Trinajstić information content (AvgIpc) is 2.95. The summed E-state index contributed by atoms with van der Waals surface area (Å²) in [5.74, 6) is 1.06. The summed E-state index contributed by atoms with van der Waals surface area (Å²) in [6, 6.07) is 8.88. The molecule has 7 nitrogen and oxygen atoms in total. The van der Waals surface area contributed by atoms with Gasteiger partial charge < -0.3 is 19.6 Å². The van der Waals surface area contributed by atoms with Crippen molar-refractivity contribution in [2.24, 2.45) is 0 Å². The Labute approximate surface area is 189 Å². The van der Waals surface area contributed by atoms with Crippen molar-refractivity contribution in [2.45, 2.75) is 38.5 Å². The number of imide groups is 1. The summed E-state index contributed by atoms with van der Waals surface area (Å²) in [5, 5.41) is 2.56. The van der Waals surface area contributed by atoms with Gasteiger partial charge in [-0.05, 0) is 31.0 Å². The molecule has 2 aromatic rings. The van der Waals surface area contributed by atoms with Crippen molar-refractivity contribution in [3.8, 4) is 5.75 Å². The van der Waals surface area contributed by atoms with Crippen LogP contribution in [0.15, 0.2) is 35.1 Å². The van der Waals surface area contributed by atoms with Crippen molar-refractivity contribution in [2.75, 3.05) is 6.61 Å². The number of aryl methyl sites for hydroxylation is 2. The Balaban J connectivity index is 0.00000280. The van der Waals surface area contributed by atoms with Gasteiger partial charge in [-0.15, -0.1) is 0 Å². The van der Waals surface area contributed by atoms with Crippen LogP contribution in [0.1, 0.15) is 24.0 Å². The van der Waals surface area contributed by atoms with E-state index in [-0.39, 0.29) is 41.0 Å². The maximum Gasteiger partial charge on any atom is 1.00 e. The molecule has 0 saturated carbocycles. The van der Waals surface area contributed by atoms with Gasteiger partial charge in [-0.25, -0.2) is 4.98 Å². The zero-order valence-corrected chi connectivity index (χ0v) is 19.0. The molecule has 2 amide bonds. The van der Waals surface area contributed by atoms with Gasteiger partial charge in [0.1, 0.15) is 23.4 Å². The fraction of sp³-hybridized carbons (Fsp3) is 0.368. The number of hydrogen-bond donors (Lipinski definition) is 0. The minimum Gasteiger partial charge on any atom is -0.585 e. The van der Waals surface area contributed by atoms with E-state index in [4.69, 9.17) is 4.74 Å². The number of benzene rings is 1. The second-order valence-electron chi connectivity index (χ2n) is 6.18. The average molecular weight is 409 g/mol. The minimum atomic E-state index is -0.433. The molecule has 0 radical (unpaired) electrons. The first-order valence-electron chi connectivity index (χ1n) is 8.71. The number of nitrogens with zero attached hydrogens (tertiary/aromatic N) is 3. The molecular weight excluding hydrogens is 389 g/mol. The molecule has 28 heavy (non-hydrogen) atoms. The van der Waals surface area contributed by atoms with Crippen molar-refractivity contribution >= 4 is 22.9 Å². The molecule has 2 heterocycles. The quantitative estimate of drug-likeness (QED) is 0.592. The number of hydrogen-bond acceptors (Lipinski definition) is 6. The molecule has 1 aromatic carbocycles. The summed E-state index contributed by atoms with van der Waals surface area (Å²) >= 11 is 0.965. The first-order valence-corrected chi connectivity index (χ1v) is 9.59. The van der Waals surface area contributed by atoms with Gasteiger partial charge in [-0.1, -0.05) is 30.8 Å². The molecule has 0 N–H and O–H groups in total. The summed E-state index contributed by atoms with van der Waals surface area (Å²) < 4.78 is 7.36. The topological polar surface area (TPSA) is 92.4 Å². The van der Waals surface area contributed by atoms with Crippen LogP contribution in [0.3, 0.4) is 0 Å². The number of ether oxygens (including phenoxy) is 1. The third-order valence-electron chi connectivity index (χ3n) is 4.18. The second kappa shape index (κ2) is 10.2. The molecular formula is C19H20N3NaO4S. The third-order valence-corrected chi connectivity index (χ3v) is 5.13. The maximum atomic E-state index is 12.1. The van der Waals surface area contributed by atoms with E-state index in [1.54, 1.807) is 4.57 Å². The van der Waals surface area contributed by atoms with Crippen LogP contribution in [0.4, 0.5) is 4.79 Å². The van der Waals surface area contributed by atoms with Crippen LogP contribution in [0.5, 0.6) is 5.75 Å². The SMILES string of the molecule is CCc1nc(C)cc(=O)n1CCOc1ccc(CC2SC(=O)[N-]C2=O)cc1.[Na+]. The summed E-state index contributed by atoms with van der Waals surface area (Å²) in [6.07, 6.45) is 1.14. The van der Waals surface area contributed by atoms with Crippen molar-refractivity contribution in [3.63, 3.8) is 0 Å². The van der Waals surface area contributed by atoms with Gasteiger partial charge in [0, 0.05) is 18.2 Å². The van der Waals surface area contributed by atoms with Gasteiger partial charge in [-0.2, -0.15) is 0 Å². The fourth-order valence-corrected chi connectivity index (χ4v) is 3.68. The first kappa shape index (κ1) is 22.7. The fourth-order valence-electron chi connectivity index (χ4n) is 2.87. The zero-order valence-electron chi connectivity index (χ0n) is 16.2. The van der Waals surface area contributed by atoms with Crippen LogP contribution in [0, 0.1) is 6.92 Å². The number of thioether (sulfide) groups is 1. The minimum absolute atomic E-state index is 0. The van der Waals surface area contributed by atoms with E-state index in [1.807, 2.05) is 38.1 Å². The molecule has 1 unspecified atom stereocenters. The van der Waals surface area contributed by atoms with Crippen molar-refractivity contribution in [1.29, 1.82) is 0 Å². The molecule has 1 atom stereocenters. The predicted octanol–water partition coefficient (Wildman–Crippen LogP) is -0.125. The molecule has 1 fully saturated rings. The maximum absolute atomic E-state index is 12.1. The third kappa shape index (κ3) is 5.70. The standard InChI is InChI=1S/C19H21N3O4S.Na/c1-3-16-20-12(2)10-17(23)22(16)8-9-26-14-6-4-13(5-7-14)11-15-18(24)21-19(25)27-15;/h4-7,10,15H,3,8-9,11H2,1-2H3,(H,21,24,25);/q;+1/p-1. The molecule has 1 aromatic heterocycles. The van der Waals surface area contributed by atoms with Crippen LogP contribution in [0.2, 0.25) is 0 Å². The van der Waals surface area contributed by atoms with E-state index >= 15 is 0 Å². The van der Waals surface area contributed by atoms with E-state index in [0.29, 0.717) is 31.7 Å². The molecule has 9 heteroatoms. The summed E-state index contributed by atoms with van der Waals surface area (Å²) in [6.45, 7) is 4.55. The van der Waals surface area contributed by atoms with Crippen LogP contribution in [-0.2, 0) is 24.2 Å². The monoisotopic (exact) mass is 409 g/mol. The molecule has 0 aliphatic carbocycles. The second-order valence-corrected chi connectivity index (χ2v) is 7.33. The summed E-state index contributed by atoms with van der Waals surface area (Å²) in [5.41, 5.74) is 1.58. The van der Waals surface area contributed by atoms with Gasteiger partial charge in [0.2, 0.25) is 0 Å². The van der Waals surface area contributed by atoms with E-state index in [0.717, 1.165) is 28.8 Å². The molecule has 3 rings (SSSR count). The predicted molar refractivity (Wildman–Crippen MR) is 103 cm³/mol. The largest absolute Gasteiger partial charge is 1.00 e. The normalized spacial score (nSPS) is 15.9. The summed E-state index contributed by atoms with van der Waals surface area (Å²) in [4.78, 5) is 39.2. The Kier molecular flexibility index (Phi) is 8.30. The van der Waals surface area contributed by atoms with Gasteiger partial charge >= 0.3 is 29.6 Å². The van der Waals surface area contributed by atoms with Crippen LogP contribution >= 0.6 is 11.8 Å². The van der Waals surface area contributed by atoms with Gasteiger partial charge in [0.15, 0.2) is 0 Å². The number of amides is 2. The Morgan fingerprint density at radius 3 is 2.54 bits per heavy atom. The van der Waals surface area contributed by atoms with E-state index in [9.17, 15) is 14.4 Å². The molecule has 1 aliphatic rings. The van der Waals surface area contributed by atoms with Crippen LogP contribution in [0.25, 0.3) is 5.32 Å².